The highest BCUT2D eigenvalue weighted by atomic mass is 19.1. The number of hydrogen-bond acceptors (Lipinski definition) is 3. The summed E-state index contributed by atoms with van der Waals surface area (Å²) in [5.74, 6) is -2.37. The maximum atomic E-state index is 13.2. The predicted molar refractivity (Wildman–Crippen MR) is 51.0 cm³/mol. The molecule has 0 spiro atoms. The van der Waals surface area contributed by atoms with Crippen molar-refractivity contribution in [1.29, 1.82) is 0 Å². The smallest absolute Gasteiger partial charge is 0.173 e. The summed E-state index contributed by atoms with van der Waals surface area (Å²) in [4.78, 5) is 11.6. The van der Waals surface area contributed by atoms with Crippen LogP contribution < -0.4 is 0 Å². The number of carbonyl (C=O) groups excluding carboxylic acids is 1. The average molecular weight is 228 g/mol. The zero-order chi connectivity index (χ0) is 11.5. The zero-order valence-corrected chi connectivity index (χ0v) is 8.41. The molecular formula is C11H10F2O3. The fourth-order valence-corrected chi connectivity index (χ4v) is 1.54. The van der Waals surface area contributed by atoms with Gasteiger partial charge in [-0.15, -0.1) is 0 Å². The van der Waals surface area contributed by atoms with Crippen LogP contribution in [0.3, 0.4) is 0 Å². The molecule has 1 heterocycles. The van der Waals surface area contributed by atoms with Crippen LogP contribution >= 0.6 is 0 Å². The molecule has 16 heavy (non-hydrogen) atoms. The van der Waals surface area contributed by atoms with Crippen LogP contribution in [0.5, 0.6) is 0 Å². The first-order valence-electron chi connectivity index (χ1n) is 4.89. The molecule has 0 bridgehead atoms. The van der Waals surface area contributed by atoms with Gasteiger partial charge in [-0.25, -0.2) is 8.78 Å². The Morgan fingerprint density at radius 2 is 1.81 bits per heavy atom. The van der Waals surface area contributed by atoms with E-state index in [4.69, 9.17) is 9.47 Å². The van der Waals surface area contributed by atoms with E-state index in [2.05, 4.69) is 0 Å². The highest BCUT2D eigenvalue weighted by Crippen LogP contribution is 2.17. The lowest BCUT2D eigenvalue weighted by Crippen LogP contribution is -2.16. The Hall–Kier alpha value is -1.33. The summed E-state index contributed by atoms with van der Waals surface area (Å²) < 4.78 is 36.5. The van der Waals surface area contributed by atoms with Gasteiger partial charge in [0.1, 0.15) is 11.6 Å². The molecule has 1 aliphatic heterocycles. The number of benzene rings is 1. The second kappa shape index (κ2) is 4.67. The molecule has 86 valence electrons. The predicted octanol–water partition coefficient (Wildman–Crippen LogP) is 1.91. The Bertz CT molecular complexity index is 380. The maximum absolute atomic E-state index is 13.2. The maximum Gasteiger partial charge on any atom is 0.173 e. The first-order valence-corrected chi connectivity index (χ1v) is 4.89. The van der Waals surface area contributed by atoms with Gasteiger partial charge in [0.15, 0.2) is 12.1 Å². The summed E-state index contributed by atoms with van der Waals surface area (Å²) in [6.07, 6.45) is -0.857. The number of hydrogen-bond donors (Lipinski definition) is 0. The molecular weight excluding hydrogens is 218 g/mol. The third-order valence-electron chi connectivity index (χ3n) is 2.28. The molecule has 1 fully saturated rings. The van der Waals surface area contributed by atoms with Crippen molar-refractivity contribution in [2.24, 2.45) is 0 Å². The Morgan fingerprint density at radius 3 is 2.38 bits per heavy atom. The van der Waals surface area contributed by atoms with Crippen LogP contribution in [-0.2, 0) is 9.47 Å². The van der Waals surface area contributed by atoms with Crippen LogP contribution in [0, 0.1) is 11.6 Å². The van der Waals surface area contributed by atoms with Crippen molar-refractivity contribution in [2.45, 2.75) is 12.7 Å². The van der Waals surface area contributed by atoms with Crippen molar-refractivity contribution < 1.29 is 23.0 Å². The molecule has 0 aliphatic carbocycles. The molecule has 0 atom stereocenters. The summed E-state index contributed by atoms with van der Waals surface area (Å²) >= 11 is 0. The second-order valence-electron chi connectivity index (χ2n) is 3.40. The van der Waals surface area contributed by atoms with Crippen LogP contribution in [0.4, 0.5) is 8.78 Å². The monoisotopic (exact) mass is 228 g/mol. The number of ether oxygens (including phenoxy) is 2. The van der Waals surface area contributed by atoms with E-state index >= 15 is 0 Å². The van der Waals surface area contributed by atoms with E-state index in [0.717, 1.165) is 12.1 Å². The first-order chi connectivity index (χ1) is 7.68. The first kappa shape index (κ1) is 11.2. The summed E-state index contributed by atoms with van der Waals surface area (Å²) in [6, 6.07) is 3.31. The van der Waals surface area contributed by atoms with Crippen LogP contribution in [0.1, 0.15) is 16.8 Å². The number of halogens is 2. The van der Waals surface area contributed by atoms with E-state index < -0.39 is 29.3 Å². The fraction of sp³-hybridized carbons (Fsp3) is 0.364. The summed E-state index contributed by atoms with van der Waals surface area (Å²) in [6.45, 7) is 0.801. The van der Waals surface area contributed by atoms with E-state index in [0.29, 0.717) is 13.2 Å². The topological polar surface area (TPSA) is 35.5 Å². The summed E-state index contributed by atoms with van der Waals surface area (Å²) in [5, 5.41) is 0. The number of ketones is 1. The molecule has 1 saturated heterocycles. The largest absolute Gasteiger partial charge is 0.350 e. The lowest BCUT2D eigenvalue weighted by molar-refractivity contribution is -0.0408. The molecule has 0 saturated carbocycles. The number of rotatable bonds is 3. The summed E-state index contributed by atoms with van der Waals surface area (Å²) in [7, 11) is 0. The van der Waals surface area contributed by atoms with Gasteiger partial charge in [-0.2, -0.15) is 0 Å². The van der Waals surface area contributed by atoms with Crippen LogP contribution in [0.25, 0.3) is 0 Å². The molecule has 0 amide bonds. The Labute approximate surface area is 91.0 Å². The van der Waals surface area contributed by atoms with Gasteiger partial charge in [0.2, 0.25) is 0 Å². The molecule has 0 N–H and O–H groups in total. The van der Waals surface area contributed by atoms with Crippen molar-refractivity contribution >= 4 is 5.78 Å². The summed E-state index contributed by atoms with van der Waals surface area (Å²) in [5.41, 5.74) is -0.526. The van der Waals surface area contributed by atoms with Crippen molar-refractivity contribution in [1.82, 2.24) is 0 Å². The average Bonchev–Trinajstić information content (AvgIpc) is 2.70. The van der Waals surface area contributed by atoms with Gasteiger partial charge in [-0.05, 0) is 12.1 Å². The van der Waals surface area contributed by atoms with Crippen molar-refractivity contribution in [3.8, 4) is 0 Å². The van der Waals surface area contributed by atoms with Crippen LogP contribution in [0.15, 0.2) is 18.2 Å². The third kappa shape index (κ3) is 2.25. The second-order valence-corrected chi connectivity index (χ2v) is 3.40. The van der Waals surface area contributed by atoms with Gasteiger partial charge in [-0.3, -0.25) is 4.79 Å². The number of Topliss-reactive ketones (excluding diaryl/α,β-unsaturated/α-hetero) is 1. The van der Waals surface area contributed by atoms with Crippen molar-refractivity contribution in [3.63, 3.8) is 0 Å². The Morgan fingerprint density at radius 1 is 1.25 bits per heavy atom. The Kier molecular flexibility index (Phi) is 3.26. The lowest BCUT2D eigenvalue weighted by atomic mass is 10.1. The molecule has 1 aliphatic rings. The normalized spacial score (nSPS) is 16.6. The fourth-order valence-electron chi connectivity index (χ4n) is 1.54. The van der Waals surface area contributed by atoms with E-state index in [-0.39, 0.29) is 6.42 Å². The quantitative estimate of drug-likeness (QED) is 0.741. The minimum atomic E-state index is -0.858. The van der Waals surface area contributed by atoms with E-state index in [1.54, 1.807) is 0 Å². The van der Waals surface area contributed by atoms with Crippen LogP contribution in [0.2, 0.25) is 0 Å². The molecule has 0 unspecified atom stereocenters. The van der Waals surface area contributed by atoms with Crippen molar-refractivity contribution in [3.05, 3.63) is 35.4 Å². The molecule has 2 rings (SSSR count). The zero-order valence-electron chi connectivity index (χ0n) is 8.41. The minimum Gasteiger partial charge on any atom is -0.350 e. The minimum absolute atomic E-state index is 0.169. The standard InChI is InChI=1S/C11H10F2O3/c12-7-2-1-3-8(13)11(7)9(14)6-10-15-4-5-16-10/h1-3,10H,4-6H2. The highest BCUT2D eigenvalue weighted by Gasteiger charge is 2.24. The highest BCUT2D eigenvalue weighted by molar-refractivity contribution is 5.96. The lowest BCUT2D eigenvalue weighted by Gasteiger charge is -2.08. The van der Waals surface area contributed by atoms with Gasteiger partial charge < -0.3 is 9.47 Å². The van der Waals surface area contributed by atoms with Gasteiger partial charge in [0, 0.05) is 0 Å². The van der Waals surface area contributed by atoms with Gasteiger partial charge in [0.25, 0.3) is 0 Å². The van der Waals surface area contributed by atoms with E-state index in [1.807, 2.05) is 0 Å². The molecule has 0 radical (unpaired) electrons. The Balaban J connectivity index is 2.13. The van der Waals surface area contributed by atoms with E-state index in [9.17, 15) is 13.6 Å². The molecule has 3 nitrogen and oxygen atoms in total. The molecule has 5 heteroatoms. The van der Waals surface area contributed by atoms with Gasteiger partial charge in [-0.1, -0.05) is 6.07 Å². The van der Waals surface area contributed by atoms with Crippen molar-refractivity contribution in [2.75, 3.05) is 13.2 Å². The van der Waals surface area contributed by atoms with Crippen LogP contribution in [-0.4, -0.2) is 25.3 Å². The molecule has 1 aromatic carbocycles. The molecule has 1 aromatic rings. The van der Waals surface area contributed by atoms with Gasteiger partial charge >= 0.3 is 0 Å². The molecule has 0 aromatic heterocycles. The van der Waals surface area contributed by atoms with E-state index in [1.165, 1.54) is 6.07 Å². The van der Waals surface area contributed by atoms with Gasteiger partial charge in [0.05, 0.1) is 25.2 Å². The number of carbonyl (C=O) groups is 1. The third-order valence-corrected chi connectivity index (χ3v) is 2.28. The SMILES string of the molecule is O=C(CC1OCCO1)c1c(F)cccc1F.